The van der Waals surface area contributed by atoms with Crippen molar-refractivity contribution in [3.8, 4) is 0 Å². The molecular formula is C11H23ClN4O. The van der Waals surface area contributed by atoms with Crippen molar-refractivity contribution >= 4 is 11.6 Å². The van der Waals surface area contributed by atoms with E-state index in [1.807, 2.05) is 7.05 Å². The van der Waals surface area contributed by atoms with Gasteiger partial charge in [0, 0.05) is 26.0 Å². The Kier molecular flexibility index (Phi) is 19.3. The van der Waals surface area contributed by atoms with Gasteiger partial charge in [0.05, 0.1) is 6.61 Å². The topological polar surface area (TPSA) is 73.1 Å². The number of methoxy groups -OCH3 is 1. The number of halogens is 1. The molecule has 0 saturated carbocycles. The molecule has 1 rings (SSSR count). The highest BCUT2D eigenvalue weighted by atomic mass is 35.5. The van der Waals surface area contributed by atoms with Crippen molar-refractivity contribution in [1.82, 2.24) is 15.3 Å². The van der Waals surface area contributed by atoms with Crippen LogP contribution in [0.2, 0.25) is 5.28 Å². The van der Waals surface area contributed by atoms with Crippen LogP contribution in [0.4, 0.5) is 0 Å². The SMILES string of the molecule is CCCN.CNCCOC.Clc1ncccn1. The molecule has 1 aromatic heterocycles. The Hall–Kier alpha value is -0.750. The van der Waals surface area contributed by atoms with Crippen LogP contribution in [-0.2, 0) is 4.74 Å². The molecule has 1 heterocycles. The van der Waals surface area contributed by atoms with Crippen LogP contribution in [0.3, 0.4) is 0 Å². The van der Waals surface area contributed by atoms with Gasteiger partial charge in [-0.05, 0) is 37.7 Å². The van der Waals surface area contributed by atoms with Crippen LogP contribution in [0.15, 0.2) is 18.5 Å². The third kappa shape index (κ3) is 21.2. The summed E-state index contributed by atoms with van der Waals surface area (Å²) in [6.45, 7) is 4.62. The molecular weight excluding hydrogens is 240 g/mol. The summed E-state index contributed by atoms with van der Waals surface area (Å²) in [4.78, 5) is 7.27. The van der Waals surface area contributed by atoms with E-state index >= 15 is 0 Å². The van der Waals surface area contributed by atoms with E-state index in [4.69, 9.17) is 22.1 Å². The number of rotatable bonds is 4. The maximum atomic E-state index is 5.32. The van der Waals surface area contributed by atoms with Gasteiger partial charge in [-0.25, -0.2) is 9.97 Å². The molecule has 5 nitrogen and oxygen atoms in total. The van der Waals surface area contributed by atoms with Crippen LogP contribution in [-0.4, -0.2) is 43.8 Å². The molecule has 6 heteroatoms. The van der Waals surface area contributed by atoms with E-state index in [1.165, 1.54) is 0 Å². The number of nitrogens with one attached hydrogen (secondary N) is 1. The van der Waals surface area contributed by atoms with Crippen LogP contribution >= 0.6 is 11.6 Å². The molecule has 0 saturated heterocycles. The summed E-state index contributed by atoms with van der Waals surface area (Å²) in [5, 5.41) is 3.24. The minimum Gasteiger partial charge on any atom is -0.383 e. The highest BCUT2D eigenvalue weighted by molar-refractivity contribution is 6.28. The van der Waals surface area contributed by atoms with Crippen LogP contribution in [0, 0.1) is 0 Å². The summed E-state index contributed by atoms with van der Waals surface area (Å²) in [6, 6.07) is 1.71. The Morgan fingerprint density at radius 2 is 1.94 bits per heavy atom. The van der Waals surface area contributed by atoms with Crippen molar-refractivity contribution < 1.29 is 4.74 Å². The lowest BCUT2D eigenvalue weighted by Gasteiger charge is -1.92. The molecule has 0 bridgehead atoms. The van der Waals surface area contributed by atoms with Crippen LogP contribution in [0.1, 0.15) is 13.3 Å². The first-order valence-corrected chi connectivity index (χ1v) is 5.86. The lowest BCUT2D eigenvalue weighted by Crippen LogP contribution is -2.12. The monoisotopic (exact) mass is 262 g/mol. The summed E-state index contributed by atoms with van der Waals surface area (Å²) in [7, 11) is 3.59. The number of hydrogen-bond acceptors (Lipinski definition) is 5. The normalized spacial score (nSPS) is 8.53. The standard InChI is InChI=1S/C4H3ClN2.C4H11NO.C3H9N/c5-4-6-2-1-3-7-4;1-5-3-4-6-2;1-2-3-4/h1-3H;5H,3-4H2,1-2H3;2-4H2,1H3. The van der Waals surface area contributed by atoms with E-state index in [0.29, 0.717) is 5.28 Å². The summed E-state index contributed by atoms with van der Waals surface area (Å²) in [5.74, 6) is 0. The minimum atomic E-state index is 0.294. The molecule has 1 aromatic rings. The third-order valence-corrected chi connectivity index (χ3v) is 1.57. The number of aromatic nitrogens is 2. The second kappa shape index (κ2) is 17.6. The third-order valence-electron chi connectivity index (χ3n) is 1.38. The van der Waals surface area contributed by atoms with Crippen molar-refractivity contribution in [3.05, 3.63) is 23.7 Å². The number of nitrogens with zero attached hydrogens (tertiary/aromatic N) is 2. The first-order valence-electron chi connectivity index (χ1n) is 5.49. The van der Waals surface area contributed by atoms with E-state index in [1.54, 1.807) is 25.6 Å². The Morgan fingerprint density at radius 3 is 2.12 bits per heavy atom. The fourth-order valence-corrected chi connectivity index (χ4v) is 0.598. The van der Waals surface area contributed by atoms with Crippen molar-refractivity contribution in [2.75, 3.05) is 33.9 Å². The maximum Gasteiger partial charge on any atom is 0.222 e. The van der Waals surface area contributed by atoms with Gasteiger partial charge in [-0.15, -0.1) is 0 Å². The van der Waals surface area contributed by atoms with Crippen molar-refractivity contribution in [2.45, 2.75) is 13.3 Å². The number of hydrogen-bond donors (Lipinski definition) is 2. The Balaban J connectivity index is 0. The predicted molar refractivity (Wildman–Crippen MR) is 72.2 cm³/mol. The molecule has 0 unspecified atom stereocenters. The first kappa shape index (κ1) is 18.6. The largest absolute Gasteiger partial charge is 0.383 e. The van der Waals surface area contributed by atoms with Gasteiger partial charge in [0.15, 0.2) is 0 Å². The number of ether oxygens (including phenoxy) is 1. The highest BCUT2D eigenvalue weighted by Gasteiger charge is 1.78. The molecule has 0 aliphatic carbocycles. The molecule has 0 fully saturated rings. The zero-order valence-corrected chi connectivity index (χ0v) is 11.6. The van der Waals surface area contributed by atoms with E-state index in [2.05, 4.69) is 22.2 Å². The smallest absolute Gasteiger partial charge is 0.222 e. The van der Waals surface area contributed by atoms with Crippen molar-refractivity contribution in [3.63, 3.8) is 0 Å². The number of likely N-dealkylation sites (N-methyl/N-ethyl adjacent to an activating group) is 1. The molecule has 0 atom stereocenters. The molecule has 0 amide bonds. The summed E-state index contributed by atoms with van der Waals surface area (Å²) >= 11 is 5.32. The molecule has 0 aliphatic rings. The van der Waals surface area contributed by atoms with Gasteiger partial charge in [0.1, 0.15) is 0 Å². The zero-order valence-electron chi connectivity index (χ0n) is 10.8. The Labute approximate surface area is 109 Å². The average molecular weight is 263 g/mol. The molecule has 3 N–H and O–H groups in total. The van der Waals surface area contributed by atoms with Crippen molar-refractivity contribution in [1.29, 1.82) is 0 Å². The van der Waals surface area contributed by atoms with Gasteiger partial charge < -0.3 is 15.8 Å². The lowest BCUT2D eigenvalue weighted by molar-refractivity contribution is 0.201. The maximum absolute atomic E-state index is 5.32. The van der Waals surface area contributed by atoms with Gasteiger partial charge in [-0.2, -0.15) is 0 Å². The van der Waals surface area contributed by atoms with Crippen molar-refractivity contribution in [2.24, 2.45) is 5.73 Å². The van der Waals surface area contributed by atoms with E-state index < -0.39 is 0 Å². The summed E-state index contributed by atoms with van der Waals surface area (Å²) in [5.41, 5.74) is 5.03. The zero-order chi connectivity index (χ0) is 13.4. The van der Waals surface area contributed by atoms with Gasteiger partial charge in [0.25, 0.3) is 0 Å². The summed E-state index contributed by atoms with van der Waals surface area (Å²) < 4.78 is 4.72. The molecule has 100 valence electrons. The number of nitrogens with two attached hydrogens (primary N) is 1. The van der Waals surface area contributed by atoms with Crippen LogP contribution < -0.4 is 11.1 Å². The van der Waals surface area contributed by atoms with Crippen LogP contribution in [0.5, 0.6) is 0 Å². The summed E-state index contributed by atoms with van der Waals surface area (Å²) in [6.07, 6.45) is 4.28. The van der Waals surface area contributed by atoms with E-state index in [9.17, 15) is 0 Å². The minimum absolute atomic E-state index is 0.294. The average Bonchev–Trinajstić information content (AvgIpc) is 2.38. The predicted octanol–water partition coefficient (Wildman–Crippen LogP) is 1.34. The van der Waals surface area contributed by atoms with E-state index in [0.717, 1.165) is 26.1 Å². The van der Waals surface area contributed by atoms with Gasteiger partial charge in [-0.1, -0.05) is 6.92 Å². The second-order valence-corrected chi connectivity index (χ2v) is 3.24. The fraction of sp³-hybridized carbons (Fsp3) is 0.636. The van der Waals surface area contributed by atoms with Gasteiger partial charge in [-0.3, -0.25) is 0 Å². The van der Waals surface area contributed by atoms with Crippen LogP contribution in [0.25, 0.3) is 0 Å². The molecule has 0 aliphatic heterocycles. The molecule has 0 radical (unpaired) electrons. The quantitative estimate of drug-likeness (QED) is 0.633. The second-order valence-electron chi connectivity index (χ2n) is 2.90. The lowest BCUT2D eigenvalue weighted by atomic mass is 10.5. The Morgan fingerprint density at radius 1 is 1.41 bits per heavy atom. The first-order chi connectivity index (χ1) is 8.22. The molecule has 0 spiro atoms. The fourth-order valence-electron chi connectivity index (χ4n) is 0.485. The Bertz CT molecular complexity index is 218. The van der Waals surface area contributed by atoms with Gasteiger partial charge in [0.2, 0.25) is 5.28 Å². The highest BCUT2D eigenvalue weighted by Crippen LogP contribution is 1.92. The van der Waals surface area contributed by atoms with E-state index in [-0.39, 0.29) is 0 Å². The van der Waals surface area contributed by atoms with Gasteiger partial charge >= 0.3 is 0 Å². The molecule has 0 aromatic carbocycles. The molecule has 17 heavy (non-hydrogen) atoms.